The van der Waals surface area contributed by atoms with Gasteiger partial charge in [0.15, 0.2) is 11.5 Å². The fraction of sp³-hybridized carbons (Fsp3) is 0.344. The first-order chi connectivity index (χ1) is 20.9. The van der Waals surface area contributed by atoms with Crippen LogP contribution in [-0.4, -0.2) is 80.0 Å². The molecule has 1 N–H and O–H groups in total. The van der Waals surface area contributed by atoms with Crippen LogP contribution in [0.3, 0.4) is 0 Å². The van der Waals surface area contributed by atoms with Crippen molar-refractivity contribution in [3.8, 4) is 23.0 Å². The van der Waals surface area contributed by atoms with Crippen LogP contribution in [0.25, 0.3) is 0 Å². The van der Waals surface area contributed by atoms with E-state index in [1.807, 2.05) is 12.1 Å². The fourth-order valence-electron chi connectivity index (χ4n) is 5.77. The van der Waals surface area contributed by atoms with E-state index in [-0.39, 0.29) is 37.7 Å². The van der Waals surface area contributed by atoms with Crippen LogP contribution in [0.4, 0.5) is 0 Å². The van der Waals surface area contributed by atoms with E-state index in [0.29, 0.717) is 60.1 Å². The Morgan fingerprint density at radius 2 is 1.44 bits per heavy atom. The van der Waals surface area contributed by atoms with Gasteiger partial charge in [0.1, 0.15) is 23.3 Å². The van der Waals surface area contributed by atoms with Crippen LogP contribution in [0, 0.1) is 0 Å². The predicted molar refractivity (Wildman–Crippen MR) is 154 cm³/mol. The van der Waals surface area contributed by atoms with Gasteiger partial charge in [-0.2, -0.15) is 0 Å². The Morgan fingerprint density at radius 3 is 2.07 bits per heavy atom. The third kappa shape index (κ3) is 5.55. The van der Waals surface area contributed by atoms with Gasteiger partial charge in [-0.1, -0.05) is 6.07 Å². The highest BCUT2D eigenvalue weighted by Gasteiger charge is 2.54. The van der Waals surface area contributed by atoms with Gasteiger partial charge >= 0.3 is 0 Å². The summed E-state index contributed by atoms with van der Waals surface area (Å²) in [6.45, 7) is 1.18. The molecule has 2 saturated heterocycles. The average Bonchev–Trinajstić information content (AvgIpc) is 3.68. The summed E-state index contributed by atoms with van der Waals surface area (Å²) in [5.74, 6) is 1.82. The summed E-state index contributed by atoms with van der Waals surface area (Å²) in [5.41, 5.74) is 0.769. The van der Waals surface area contributed by atoms with Crippen molar-refractivity contribution in [2.75, 3.05) is 40.7 Å². The SMILES string of the molecule is COc1ccc(C(=O)N2CCC3(CC2)OC[C@H](C(=O)NCc2ccc4c(c2)OCO4)N3C(=O)c2ccc(OC)cc2)cc1. The highest BCUT2D eigenvalue weighted by Crippen LogP contribution is 2.39. The molecule has 3 aliphatic rings. The minimum absolute atomic E-state index is 0.0429. The summed E-state index contributed by atoms with van der Waals surface area (Å²) in [5, 5.41) is 2.96. The Morgan fingerprint density at radius 1 is 0.837 bits per heavy atom. The molecule has 0 aliphatic carbocycles. The third-order valence-corrected chi connectivity index (χ3v) is 8.19. The van der Waals surface area contributed by atoms with E-state index in [1.54, 1.807) is 78.6 Å². The average molecular weight is 588 g/mol. The second-order valence-electron chi connectivity index (χ2n) is 10.6. The monoisotopic (exact) mass is 587 g/mol. The Balaban J connectivity index is 1.20. The molecule has 11 nitrogen and oxygen atoms in total. The Labute approximate surface area is 249 Å². The molecular formula is C32H33N3O8. The van der Waals surface area contributed by atoms with Crippen LogP contribution in [-0.2, 0) is 16.1 Å². The van der Waals surface area contributed by atoms with E-state index >= 15 is 0 Å². The fourth-order valence-corrected chi connectivity index (χ4v) is 5.77. The number of amides is 3. The van der Waals surface area contributed by atoms with Gasteiger partial charge in [-0.25, -0.2) is 0 Å². The maximum absolute atomic E-state index is 14.0. The van der Waals surface area contributed by atoms with Gasteiger partial charge in [-0.3, -0.25) is 19.3 Å². The number of hydrogen-bond donors (Lipinski definition) is 1. The van der Waals surface area contributed by atoms with Crippen molar-refractivity contribution in [2.24, 2.45) is 0 Å². The topological polar surface area (TPSA) is 116 Å². The Hall–Kier alpha value is -4.77. The quantitative estimate of drug-likeness (QED) is 0.448. The third-order valence-electron chi connectivity index (χ3n) is 8.19. The largest absolute Gasteiger partial charge is 0.497 e. The molecule has 11 heteroatoms. The number of rotatable bonds is 7. The summed E-state index contributed by atoms with van der Waals surface area (Å²) < 4.78 is 27.6. The standard InChI is InChI=1S/C32H33N3O8/c1-39-24-8-4-22(5-9-24)30(37)34-15-13-32(14-16-34)35(31(38)23-6-10-25(40-2)11-7-23)26(19-43-32)29(36)33-18-21-3-12-27-28(17-21)42-20-41-27/h3-12,17,26H,13-16,18-20H2,1-2H3,(H,33,36)/t26-/m1/s1. The summed E-state index contributed by atoms with van der Waals surface area (Å²) in [6.07, 6.45) is 0.728. The van der Waals surface area contributed by atoms with Crippen LogP contribution >= 0.6 is 0 Å². The number of likely N-dealkylation sites (tertiary alicyclic amines) is 1. The molecule has 43 heavy (non-hydrogen) atoms. The molecule has 224 valence electrons. The van der Waals surface area contributed by atoms with Crippen LogP contribution in [0.5, 0.6) is 23.0 Å². The molecule has 0 aromatic heterocycles. The minimum Gasteiger partial charge on any atom is -0.497 e. The molecule has 3 heterocycles. The molecule has 0 saturated carbocycles. The van der Waals surface area contributed by atoms with Crippen LogP contribution < -0.4 is 24.3 Å². The number of ether oxygens (including phenoxy) is 5. The molecule has 3 aromatic carbocycles. The number of nitrogens with one attached hydrogen (secondary N) is 1. The van der Waals surface area contributed by atoms with Gasteiger partial charge in [0, 0.05) is 43.6 Å². The number of nitrogens with zero attached hydrogens (tertiary/aromatic N) is 2. The lowest BCUT2D eigenvalue weighted by molar-refractivity contribution is -0.128. The molecule has 2 fully saturated rings. The Bertz CT molecular complexity index is 1500. The predicted octanol–water partition coefficient (Wildman–Crippen LogP) is 3.22. The summed E-state index contributed by atoms with van der Waals surface area (Å²) in [4.78, 5) is 44.2. The van der Waals surface area contributed by atoms with Crippen molar-refractivity contribution in [1.82, 2.24) is 15.1 Å². The van der Waals surface area contributed by atoms with Gasteiger partial charge in [-0.05, 0) is 66.2 Å². The van der Waals surface area contributed by atoms with Gasteiger partial charge in [0.25, 0.3) is 11.8 Å². The number of benzene rings is 3. The van der Waals surface area contributed by atoms with Crippen LogP contribution in [0.2, 0.25) is 0 Å². The summed E-state index contributed by atoms with van der Waals surface area (Å²) in [7, 11) is 3.13. The molecule has 3 aliphatic heterocycles. The van der Waals surface area contributed by atoms with E-state index in [1.165, 1.54) is 0 Å². The normalized spacial score (nSPS) is 18.4. The zero-order valence-corrected chi connectivity index (χ0v) is 24.0. The highest BCUT2D eigenvalue weighted by molar-refractivity contribution is 5.99. The number of hydrogen-bond acceptors (Lipinski definition) is 8. The molecule has 1 atom stereocenters. The molecule has 6 rings (SSSR count). The van der Waals surface area contributed by atoms with E-state index in [2.05, 4.69) is 5.32 Å². The zero-order chi connectivity index (χ0) is 30.0. The van der Waals surface area contributed by atoms with Gasteiger partial charge in [0.05, 0.1) is 20.8 Å². The van der Waals surface area contributed by atoms with Gasteiger partial charge in [0.2, 0.25) is 12.7 Å². The number of fused-ring (bicyclic) bond motifs is 1. The van der Waals surface area contributed by atoms with E-state index < -0.39 is 11.8 Å². The van der Waals surface area contributed by atoms with Crippen molar-refractivity contribution in [3.05, 3.63) is 83.4 Å². The minimum atomic E-state index is -1.03. The first-order valence-corrected chi connectivity index (χ1v) is 14.1. The number of piperidine rings is 1. The van der Waals surface area contributed by atoms with Gasteiger partial charge in [-0.15, -0.1) is 0 Å². The molecule has 1 spiro atoms. The second kappa shape index (κ2) is 11.8. The maximum atomic E-state index is 14.0. The van der Waals surface area contributed by atoms with E-state index in [0.717, 1.165) is 5.56 Å². The van der Waals surface area contributed by atoms with Crippen LogP contribution in [0.1, 0.15) is 39.1 Å². The van der Waals surface area contributed by atoms with Crippen LogP contribution in [0.15, 0.2) is 66.7 Å². The smallest absolute Gasteiger partial charge is 0.256 e. The van der Waals surface area contributed by atoms with Crippen molar-refractivity contribution in [1.29, 1.82) is 0 Å². The van der Waals surface area contributed by atoms with Crippen molar-refractivity contribution in [2.45, 2.75) is 31.2 Å². The molecule has 3 amide bonds. The zero-order valence-electron chi connectivity index (χ0n) is 24.0. The lowest BCUT2D eigenvalue weighted by Crippen LogP contribution is -2.59. The van der Waals surface area contributed by atoms with Crippen molar-refractivity contribution in [3.63, 3.8) is 0 Å². The summed E-state index contributed by atoms with van der Waals surface area (Å²) >= 11 is 0. The number of methoxy groups -OCH3 is 2. The molecule has 0 radical (unpaired) electrons. The lowest BCUT2D eigenvalue weighted by Gasteiger charge is -2.44. The number of carbonyl (C=O) groups is 3. The second-order valence-corrected chi connectivity index (χ2v) is 10.6. The Kier molecular flexibility index (Phi) is 7.81. The summed E-state index contributed by atoms with van der Waals surface area (Å²) in [6, 6.07) is 18.4. The number of carbonyl (C=O) groups excluding carboxylic acids is 3. The van der Waals surface area contributed by atoms with Crippen molar-refractivity contribution < 1.29 is 38.1 Å². The van der Waals surface area contributed by atoms with E-state index in [9.17, 15) is 14.4 Å². The first kappa shape index (κ1) is 28.4. The molecular weight excluding hydrogens is 554 g/mol. The molecule has 0 bridgehead atoms. The van der Waals surface area contributed by atoms with Gasteiger partial charge < -0.3 is 33.9 Å². The lowest BCUT2D eigenvalue weighted by atomic mass is 9.96. The molecule has 3 aromatic rings. The first-order valence-electron chi connectivity index (χ1n) is 14.1. The van der Waals surface area contributed by atoms with E-state index in [4.69, 9.17) is 23.7 Å². The molecule has 0 unspecified atom stereocenters. The van der Waals surface area contributed by atoms with Crippen molar-refractivity contribution >= 4 is 17.7 Å². The maximum Gasteiger partial charge on any atom is 0.256 e. The highest BCUT2D eigenvalue weighted by atomic mass is 16.7.